The number of anilines is 1. The van der Waals surface area contributed by atoms with Gasteiger partial charge in [-0.3, -0.25) is 14.3 Å². The molecule has 2 saturated heterocycles. The van der Waals surface area contributed by atoms with E-state index in [1.807, 2.05) is 32.0 Å². The van der Waals surface area contributed by atoms with Crippen LogP contribution in [0.3, 0.4) is 0 Å². The molecule has 0 unspecified atom stereocenters. The van der Waals surface area contributed by atoms with Crippen molar-refractivity contribution in [3.05, 3.63) is 35.9 Å². The summed E-state index contributed by atoms with van der Waals surface area (Å²) in [6.45, 7) is 10.3. The van der Waals surface area contributed by atoms with Crippen molar-refractivity contribution < 1.29 is 9.53 Å². The lowest BCUT2D eigenvalue weighted by molar-refractivity contribution is -0.129. The van der Waals surface area contributed by atoms with Crippen molar-refractivity contribution in [1.29, 1.82) is 0 Å². The molecule has 0 bridgehead atoms. The van der Waals surface area contributed by atoms with Crippen LogP contribution in [-0.2, 0) is 23.0 Å². The van der Waals surface area contributed by atoms with Crippen molar-refractivity contribution >= 4 is 33.9 Å². The number of piperidine rings is 1. The first-order valence-corrected chi connectivity index (χ1v) is 13.9. The number of benzene rings is 1. The van der Waals surface area contributed by atoms with E-state index in [1.54, 1.807) is 0 Å². The van der Waals surface area contributed by atoms with Crippen LogP contribution in [0.15, 0.2) is 24.3 Å². The summed E-state index contributed by atoms with van der Waals surface area (Å²) in [6.07, 6.45) is 2.56. The van der Waals surface area contributed by atoms with Crippen LogP contribution in [0.5, 0.6) is 0 Å². The van der Waals surface area contributed by atoms with Gasteiger partial charge in [-0.25, -0.2) is 9.97 Å². The zero-order valence-electron chi connectivity index (χ0n) is 23.2. The number of hydrogen-bond acceptors (Lipinski definition) is 8. The highest BCUT2D eigenvalue weighted by molar-refractivity contribution is 5.86. The summed E-state index contributed by atoms with van der Waals surface area (Å²) in [5, 5.41) is 0. The topological polar surface area (TPSA) is 120 Å². The lowest BCUT2D eigenvalue weighted by Gasteiger charge is -2.40. The lowest BCUT2D eigenvalue weighted by Crippen LogP contribution is -2.55. The van der Waals surface area contributed by atoms with Gasteiger partial charge in [0, 0.05) is 32.5 Å². The molecule has 2 aliphatic heterocycles. The van der Waals surface area contributed by atoms with Crippen molar-refractivity contribution in [2.45, 2.75) is 51.5 Å². The van der Waals surface area contributed by atoms with Crippen LogP contribution in [0.2, 0.25) is 0 Å². The highest BCUT2D eigenvalue weighted by Crippen LogP contribution is 2.34. The Balaban J connectivity index is 1.45. The molecule has 2 fully saturated rings. The fraction of sp³-hybridized carbons (Fsp3) is 0.536. The number of carbonyl (C=O) groups excluding carboxylic acids is 1. The summed E-state index contributed by atoms with van der Waals surface area (Å²) in [5.41, 5.74) is 8.59. The first-order valence-electron chi connectivity index (χ1n) is 13.9. The molecule has 0 radical (unpaired) electrons. The van der Waals surface area contributed by atoms with Crippen LogP contribution in [0.4, 0.5) is 5.82 Å². The van der Waals surface area contributed by atoms with Gasteiger partial charge in [0.2, 0.25) is 11.9 Å². The maximum Gasteiger partial charge on any atom is 0.239 e. The highest BCUT2D eigenvalue weighted by atomic mass is 16.5. The largest absolute Gasteiger partial charge is 0.378 e. The fourth-order valence-corrected chi connectivity index (χ4v) is 5.90. The first-order chi connectivity index (χ1) is 18.8. The van der Waals surface area contributed by atoms with Crippen LogP contribution in [0, 0.1) is 0 Å². The highest BCUT2D eigenvalue weighted by Gasteiger charge is 2.37. The second-order valence-electron chi connectivity index (χ2n) is 11.0. The number of aromatic nitrogens is 6. The normalized spacial score (nSPS) is 17.9. The molecular formula is C28H37N9O2. The van der Waals surface area contributed by atoms with E-state index in [4.69, 9.17) is 30.4 Å². The number of nitrogens with zero attached hydrogens (tertiary/aromatic N) is 8. The van der Waals surface area contributed by atoms with Gasteiger partial charge in [0.1, 0.15) is 11.6 Å². The van der Waals surface area contributed by atoms with Gasteiger partial charge in [-0.1, -0.05) is 19.1 Å². The summed E-state index contributed by atoms with van der Waals surface area (Å²) < 4.78 is 9.86. The second kappa shape index (κ2) is 9.87. The Morgan fingerprint density at radius 1 is 1.05 bits per heavy atom. The SMILES string of the molecule is CCc1nc2ccccc2n1-c1nc(N2CCOCC2)c2nc(C3CCN(C(C)(C)C(N)=O)CC3)n(C)c2n1. The molecule has 3 aromatic heterocycles. The second-order valence-corrected chi connectivity index (χ2v) is 11.0. The van der Waals surface area contributed by atoms with E-state index >= 15 is 0 Å². The van der Waals surface area contributed by atoms with Crippen molar-refractivity contribution in [2.24, 2.45) is 12.8 Å². The standard InChI is InChI=1S/C28H37N9O2/c1-5-21-30-19-8-6-7-9-20(19)37(21)27-32-24-22(25(33-27)35-14-16-39-17-15-35)31-23(34(24)4)18-10-12-36(13-11-18)28(2,3)26(29)38/h6-9,18H,5,10-17H2,1-4H3,(H2,29,38). The van der Waals surface area contributed by atoms with Crippen LogP contribution < -0.4 is 10.6 Å². The number of fused-ring (bicyclic) bond motifs is 2. The minimum atomic E-state index is -0.661. The number of hydrogen-bond donors (Lipinski definition) is 1. The van der Waals surface area contributed by atoms with E-state index in [0.717, 1.165) is 85.1 Å². The maximum absolute atomic E-state index is 12.0. The van der Waals surface area contributed by atoms with Crippen LogP contribution >= 0.6 is 0 Å². The zero-order chi connectivity index (χ0) is 27.3. The van der Waals surface area contributed by atoms with Gasteiger partial charge in [0.25, 0.3) is 0 Å². The Labute approximate surface area is 228 Å². The molecule has 206 valence electrons. The number of morpholine rings is 1. The Morgan fingerprint density at radius 2 is 1.77 bits per heavy atom. The average Bonchev–Trinajstić information content (AvgIpc) is 3.50. The van der Waals surface area contributed by atoms with E-state index in [9.17, 15) is 4.79 Å². The smallest absolute Gasteiger partial charge is 0.239 e. The molecule has 0 spiro atoms. The summed E-state index contributed by atoms with van der Waals surface area (Å²) in [6, 6.07) is 8.13. The molecule has 11 nitrogen and oxygen atoms in total. The maximum atomic E-state index is 12.0. The molecule has 39 heavy (non-hydrogen) atoms. The summed E-state index contributed by atoms with van der Waals surface area (Å²) in [5.74, 6) is 3.35. The molecule has 1 amide bonds. The molecule has 0 atom stereocenters. The number of imidazole rings is 2. The molecule has 11 heteroatoms. The molecule has 5 heterocycles. The molecule has 1 aromatic carbocycles. The fourth-order valence-electron chi connectivity index (χ4n) is 5.90. The van der Waals surface area contributed by atoms with Gasteiger partial charge < -0.3 is 19.9 Å². The number of ether oxygens (including phenoxy) is 1. The van der Waals surface area contributed by atoms with E-state index < -0.39 is 5.54 Å². The number of para-hydroxylation sites is 2. The number of nitrogens with two attached hydrogens (primary N) is 1. The molecule has 4 aromatic rings. The summed E-state index contributed by atoms with van der Waals surface area (Å²) >= 11 is 0. The molecule has 6 rings (SSSR count). The monoisotopic (exact) mass is 531 g/mol. The molecule has 0 saturated carbocycles. The molecule has 2 aliphatic rings. The van der Waals surface area contributed by atoms with E-state index in [-0.39, 0.29) is 11.8 Å². The minimum absolute atomic E-state index is 0.255. The number of rotatable bonds is 6. The van der Waals surface area contributed by atoms with Gasteiger partial charge in [0.15, 0.2) is 17.0 Å². The summed E-state index contributed by atoms with van der Waals surface area (Å²) in [4.78, 5) is 36.7. The molecular weight excluding hydrogens is 494 g/mol. The van der Waals surface area contributed by atoms with Gasteiger partial charge in [-0.2, -0.15) is 9.97 Å². The Hall–Kier alpha value is -3.57. The number of aryl methyl sites for hydroxylation is 2. The van der Waals surface area contributed by atoms with Crippen molar-refractivity contribution in [3.8, 4) is 5.95 Å². The van der Waals surface area contributed by atoms with E-state index in [0.29, 0.717) is 19.2 Å². The third kappa shape index (κ3) is 4.33. The van der Waals surface area contributed by atoms with Crippen LogP contribution in [0.25, 0.3) is 28.1 Å². The summed E-state index contributed by atoms with van der Waals surface area (Å²) in [7, 11) is 2.05. The van der Waals surface area contributed by atoms with E-state index in [1.165, 1.54) is 0 Å². The number of likely N-dealkylation sites (tertiary alicyclic amines) is 1. The lowest BCUT2D eigenvalue weighted by atomic mass is 9.91. The van der Waals surface area contributed by atoms with Crippen molar-refractivity contribution in [3.63, 3.8) is 0 Å². The molecule has 2 N–H and O–H groups in total. The van der Waals surface area contributed by atoms with Gasteiger partial charge >= 0.3 is 0 Å². The van der Waals surface area contributed by atoms with Crippen LogP contribution in [0.1, 0.15) is 51.2 Å². The minimum Gasteiger partial charge on any atom is -0.378 e. The van der Waals surface area contributed by atoms with Gasteiger partial charge in [-0.05, 0) is 51.9 Å². The van der Waals surface area contributed by atoms with Crippen LogP contribution in [-0.4, -0.2) is 84.8 Å². The van der Waals surface area contributed by atoms with E-state index in [2.05, 4.69) is 39.0 Å². The number of amides is 1. The quantitative estimate of drug-likeness (QED) is 0.403. The average molecular weight is 532 g/mol. The predicted octanol–water partition coefficient (Wildman–Crippen LogP) is 2.54. The Morgan fingerprint density at radius 3 is 2.46 bits per heavy atom. The van der Waals surface area contributed by atoms with Crippen molar-refractivity contribution in [2.75, 3.05) is 44.3 Å². The van der Waals surface area contributed by atoms with Gasteiger partial charge in [0.05, 0.1) is 29.8 Å². The van der Waals surface area contributed by atoms with Crippen molar-refractivity contribution in [1.82, 2.24) is 34.0 Å². The number of primary amides is 1. The Kier molecular flexibility index (Phi) is 6.50. The van der Waals surface area contributed by atoms with Gasteiger partial charge in [-0.15, -0.1) is 0 Å². The third-order valence-corrected chi connectivity index (χ3v) is 8.43. The Bertz CT molecular complexity index is 1530. The zero-order valence-corrected chi connectivity index (χ0v) is 23.2. The molecule has 0 aliphatic carbocycles. The first kappa shape index (κ1) is 25.7. The number of carbonyl (C=O) groups is 1. The predicted molar refractivity (Wildman–Crippen MR) is 150 cm³/mol. The third-order valence-electron chi connectivity index (χ3n) is 8.43.